The zero-order valence-corrected chi connectivity index (χ0v) is 23.4. The van der Waals surface area contributed by atoms with E-state index >= 15 is 0 Å². The largest absolute Gasteiger partial charge is 0.396 e. The van der Waals surface area contributed by atoms with Crippen molar-refractivity contribution in [3.05, 3.63) is 52.1 Å². The summed E-state index contributed by atoms with van der Waals surface area (Å²) >= 11 is 0. The van der Waals surface area contributed by atoms with E-state index in [2.05, 4.69) is 11.9 Å². The molecule has 8 heteroatoms. The summed E-state index contributed by atoms with van der Waals surface area (Å²) in [6, 6.07) is 7.65. The number of aryl methyl sites for hydroxylation is 1. The number of nitrogens with zero attached hydrogens (tertiary/aromatic N) is 3. The van der Waals surface area contributed by atoms with Crippen molar-refractivity contribution in [2.75, 3.05) is 18.9 Å². The van der Waals surface area contributed by atoms with Crippen LogP contribution in [0.2, 0.25) is 0 Å². The second-order valence-electron chi connectivity index (χ2n) is 8.44. The summed E-state index contributed by atoms with van der Waals surface area (Å²) in [6.45, 7) is 18.4. The second-order valence-corrected chi connectivity index (χ2v) is 10.6. The predicted octanol–water partition coefficient (Wildman–Crippen LogP) is 5.16. The Morgan fingerprint density at radius 1 is 1.15 bits per heavy atom. The van der Waals surface area contributed by atoms with Crippen LogP contribution in [0.15, 0.2) is 35.3 Å². The Kier molecular flexibility index (Phi) is 14.8. The van der Waals surface area contributed by atoms with Crippen LogP contribution >= 0.6 is 0 Å². The number of hydrogen-bond acceptors (Lipinski definition) is 5. The summed E-state index contributed by atoms with van der Waals surface area (Å²) in [7, 11) is -1.22. The Morgan fingerprint density at radius 2 is 1.71 bits per heavy atom. The average molecular weight is 495 g/mol. The molecule has 34 heavy (non-hydrogen) atoms. The van der Waals surface area contributed by atoms with Gasteiger partial charge in [-0.25, -0.2) is 13.3 Å². The van der Waals surface area contributed by atoms with Gasteiger partial charge in [-0.05, 0) is 58.2 Å². The van der Waals surface area contributed by atoms with Gasteiger partial charge in [-0.1, -0.05) is 53.2 Å². The van der Waals surface area contributed by atoms with E-state index in [4.69, 9.17) is 5.73 Å². The highest BCUT2D eigenvalue weighted by Gasteiger charge is 2.31. The molecule has 2 rings (SSSR count). The maximum atomic E-state index is 13.3. The van der Waals surface area contributed by atoms with Crippen molar-refractivity contribution in [2.24, 2.45) is 0 Å². The van der Waals surface area contributed by atoms with E-state index in [-0.39, 0.29) is 18.5 Å². The van der Waals surface area contributed by atoms with E-state index in [1.165, 1.54) is 4.57 Å². The van der Waals surface area contributed by atoms with Gasteiger partial charge in [-0.2, -0.15) is 4.98 Å². The molecule has 0 spiro atoms. The van der Waals surface area contributed by atoms with Crippen LogP contribution < -0.4 is 11.4 Å². The van der Waals surface area contributed by atoms with Crippen LogP contribution in [0.3, 0.4) is 0 Å². The first-order valence-electron chi connectivity index (χ1n) is 12.4. The highest BCUT2D eigenvalue weighted by atomic mass is 32.2. The average Bonchev–Trinajstić information content (AvgIpc) is 2.83. The fraction of sp³-hybridized carbons (Fsp3) is 0.615. The maximum Gasteiger partial charge on any atom is 0.354 e. The Labute approximate surface area is 209 Å². The summed E-state index contributed by atoms with van der Waals surface area (Å²) in [6.07, 6.45) is 4.02. The molecule has 0 aliphatic heterocycles. The zero-order valence-electron chi connectivity index (χ0n) is 22.6. The number of aliphatic hydroxyl groups excluding tert-OH is 1. The first-order valence-corrected chi connectivity index (χ1v) is 13.5. The SMILES string of the molecule is CC.CC.CCCC(c1ccc(-n2cc(C)c(N)nc2=O)cc1)N(CCCO)S(=O)C(C)(C)C. The van der Waals surface area contributed by atoms with Gasteiger partial charge in [0, 0.05) is 31.0 Å². The van der Waals surface area contributed by atoms with E-state index in [0.29, 0.717) is 18.7 Å². The molecule has 0 bridgehead atoms. The smallest absolute Gasteiger partial charge is 0.354 e. The van der Waals surface area contributed by atoms with E-state index in [9.17, 15) is 14.1 Å². The van der Waals surface area contributed by atoms with Crippen molar-refractivity contribution in [1.82, 2.24) is 13.9 Å². The Balaban J connectivity index is 0.00000258. The lowest BCUT2D eigenvalue weighted by atomic mass is 10.0. The van der Waals surface area contributed by atoms with Gasteiger partial charge >= 0.3 is 5.69 Å². The molecule has 1 heterocycles. The second kappa shape index (κ2) is 15.8. The lowest BCUT2D eigenvalue weighted by Gasteiger charge is -2.35. The first kappa shape index (κ1) is 32.0. The molecule has 0 aliphatic rings. The number of aliphatic hydroxyl groups is 1. The van der Waals surface area contributed by atoms with Crippen LogP contribution in [0.4, 0.5) is 5.82 Å². The third kappa shape index (κ3) is 8.96. The minimum Gasteiger partial charge on any atom is -0.396 e. The van der Waals surface area contributed by atoms with Gasteiger partial charge in [0.1, 0.15) is 16.8 Å². The Hall–Kier alpha value is -2.03. The van der Waals surface area contributed by atoms with Crippen LogP contribution in [-0.4, -0.2) is 41.1 Å². The zero-order chi connectivity index (χ0) is 26.5. The van der Waals surface area contributed by atoms with Crippen LogP contribution in [0.1, 0.15) is 91.8 Å². The van der Waals surface area contributed by atoms with Crippen molar-refractivity contribution in [2.45, 2.75) is 92.4 Å². The highest BCUT2D eigenvalue weighted by molar-refractivity contribution is 7.84. The summed E-state index contributed by atoms with van der Waals surface area (Å²) < 4.78 is 16.3. The Bertz CT molecular complexity index is 921. The fourth-order valence-electron chi connectivity index (χ4n) is 3.29. The van der Waals surface area contributed by atoms with Crippen molar-refractivity contribution < 1.29 is 9.32 Å². The lowest BCUT2D eigenvalue weighted by Crippen LogP contribution is -2.40. The van der Waals surface area contributed by atoms with Crippen LogP contribution in [-0.2, 0) is 11.0 Å². The molecule has 2 unspecified atom stereocenters. The molecular weight excluding hydrogens is 448 g/mol. The van der Waals surface area contributed by atoms with Gasteiger partial charge in [-0.3, -0.25) is 4.57 Å². The number of anilines is 1. The minimum absolute atomic E-state index is 0.0429. The topological polar surface area (TPSA) is 101 Å². The molecule has 0 saturated heterocycles. The van der Waals surface area contributed by atoms with E-state index in [1.54, 1.807) is 6.20 Å². The summed E-state index contributed by atoms with van der Waals surface area (Å²) in [4.78, 5) is 16.1. The minimum atomic E-state index is -1.22. The molecule has 0 radical (unpaired) electrons. The number of aromatic nitrogens is 2. The molecule has 7 nitrogen and oxygen atoms in total. The van der Waals surface area contributed by atoms with Gasteiger partial charge in [0.15, 0.2) is 0 Å². The third-order valence-electron chi connectivity index (χ3n) is 4.89. The number of rotatable bonds is 9. The molecular formula is C26H46N4O3S. The molecule has 1 aromatic heterocycles. The van der Waals surface area contributed by atoms with Crippen molar-refractivity contribution in [3.8, 4) is 5.69 Å². The molecule has 1 aromatic carbocycles. The maximum absolute atomic E-state index is 13.3. The van der Waals surface area contributed by atoms with Crippen molar-refractivity contribution in [3.63, 3.8) is 0 Å². The Morgan fingerprint density at radius 3 is 2.18 bits per heavy atom. The lowest BCUT2D eigenvalue weighted by molar-refractivity contribution is 0.248. The van der Waals surface area contributed by atoms with Gasteiger partial charge in [0.2, 0.25) is 0 Å². The third-order valence-corrected chi connectivity index (χ3v) is 6.80. The number of nitrogen functional groups attached to an aromatic ring is 1. The molecule has 0 saturated carbocycles. The molecule has 2 atom stereocenters. The molecule has 0 fully saturated rings. The van der Waals surface area contributed by atoms with E-state index in [0.717, 1.165) is 24.0 Å². The molecule has 3 N–H and O–H groups in total. The number of nitrogens with two attached hydrogens (primary N) is 1. The summed E-state index contributed by atoms with van der Waals surface area (Å²) in [5, 5.41) is 9.34. The van der Waals surface area contributed by atoms with Crippen LogP contribution in [0.25, 0.3) is 5.69 Å². The molecule has 2 aromatic rings. The quantitative estimate of drug-likeness (QED) is 0.501. The van der Waals surface area contributed by atoms with Gasteiger partial charge in [0.05, 0.1) is 10.4 Å². The molecule has 0 aliphatic carbocycles. The monoisotopic (exact) mass is 494 g/mol. The highest BCUT2D eigenvalue weighted by Crippen LogP contribution is 2.31. The summed E-state index contributed by atoms with van der Waals surface area (Å²) in [5.41, 5.74) is 7.77. The number of benzene rings is 1. The van der Waals surface area contributed by atoms with Crippen molar-refractivity contribution >= 4 is 16.8 Å². The predicted molar refractivity (Wildman–Crippen MR) is 146 cm³/mol. The van der Waals surface area contributed by atoms with Gasteiger partial charge in [0.25, 0.3) is 0 Å². The fourth-order valence-corrected chi connectivity index (χ4v) is 4.74. The normalized spacial score (nSPS) is 12.8. The first-order chi connectivity index (χ1) is 16.1. The van der Waals surface area contributed by atoms with Gasteiger partial charge < -0.3 is 10.8 Å². The molecule has 0 amide bonds. The van der Waals surface area contributed by atoms with Crippen LogP contribution in [0, 0.1) is 6.92 Å². The number of hydrogen-bond donors (Lipinski definition) is 2. The standard InChI is InChI=1S/C22H34N4O3S.2C2H6/c1-6-8-19(26(13-7-14-27)30(29)22(3,4)5)17-9-11-18(12-10-17)25-15-16(2)20(23)24-21(25)28;2*1-2/h9-12,15,19,27H,6-8,13-14H2,1-5H3,(H2,23,24,28);2*1-2H3. The van der Waals surface area contributed by atoms with E-state index in [1.807, 2.05) is 84.0 Å². The van der Waals surface area contributed by atoms with E-state index < -0.39 is 21.4 Å². The van der Waals surface area contributed by atoms with Crippen molar-refractivity contribution in [1.29, 1.82) is 0 Å². The summed E-state index contributed by atoms with van der Waals surface area (Å²) in [5.74, 6) is 0.236. The van der Waals surface area contributed by atoms with Gasteiger partial charge in [-0.15, -0.1) is 0 Å². The van der Waals surface area contributed by atoms with Crippen LogP contribution in [0.5, 0.6) is 0 Å². The molecule has 194 valence electrons.